The Kier molecular flexibility index (Phi) is 5.55. The van der Waals surface area contributed by atoms with Crippen molar-refractivity contribution in [2.45, 2.75) is 32.3 Å². The van der Waals surface area contributed by atoms with E-state index in [4.69, 9.17) is 9.84 Å². The Bertz CT molecular complexity index is 784. The van der Waals surface area contributed by atoms with E-state index >= 15 is 0 Å². The van der Waals surface area contributed by atoms with Crippen molar-refractivity contribution in [1.82, 2.24) is 9.80 Å². The molecular formula is C19H22N2O6. The second-order valence-electron chi connectivity index (χ2n) is 6.64. The predicted octanol–water partition coefficient (Wildman–Crippen LogP) is 1.40. The number of benzene rings is 1. The van der Waals surface area contributed by atoms with Gasteiger partial charge in [-0.15, -0.1) is 0 Å². The van der Waals surface area contributed by atoms with Crippen molar-refractivity contribution in [3.8, 4) is 0 Å². The van der Waals surface area contributed by atoms with Gasteiger partial charge < -0.3 is 14.7 Å². The summed E-state index contributed by atoms with van der Waals surface area (Å²) >= 11 is 0. The maximum atomic E-state index is 12.7. The molecule has 0 radical (unpaired) electrons. The van der Waals surface area contributed by atoms with E-state index in [0.29, 0.717) is 13.2 Å². The molecule has 1 N–H and O–H groups in total. The zero-order valence-electron chi connectivity index (χ0n) is 15.1. The Morgan fingerprint density at radius 2 is 2.00 bits per heavy atom. The molecule has 0 aliphatic carbocycles. The number of ether oxygens (including phenoxy) is 1. The van der Waals surface area contributed by atoms with Crippen molar-refractivity contribution in [3.05, 3.63) is 34.9 Å². The molecule has 1 saturated heterocycles. The third kappa shape index (κ3) is 3.85. The van der Waals surface area contributed by atoms with Crippen molar-refractivity contribution in [2.75, 3.05) is 26.2 Å². The molecule has 1 aromatic carbocycles. The van der Waals surface area contributed by atoms with Crippen LogP contribution in [0.25, 0.3) is 0 Å². The number of imide groups is 1. The standard InChI is InChI=1S/C19H22N2O6/c1-2-20(8-7-16(22)23)17(24)12-5-6-14-15(10-12)19(26)21(18(14)25)11-13-4-3-9-27-13/h5-6,10,13H,2-4,7-9,11H2,1H3,(H,22,23). The maximum Gasteiger partial charge on any atom is 0.305 e. The zero-order valence-corrected chi connectivity index (χ0v) is 15.1. The van der Waals surface area contributed by atoms with E-state index in [0.717, 1.165) is 12.8 Å². The first-order chi connectivity index (χ1) is 12.9. The fraction of sp³-hybridized carbons (Fsp3) is 0.474. The van der Waals surface area contributed by atoms with Gasteiger partial charge in [-0.3, -0.25) is 24.1 Å². The highest BCUT2D eigenvalue weighted by molar-refractivity contribution is 6.22. The minimum atomic E-state index is -0.985. The van der Waals surface area contributed by atoms with Crippen LogP contribution in [0, 0.1) is 0 Å². The summed E-state index contributed by atoms with van der Waals surface area (Å²) in [5.41, 5.74) is 0.752. The molecule has 0 bridgehead atoms. The minimum Gasteiger partial charge on any atom is -0.481 e. The monoisotopic (exact) mass is 374 g/mol. The molecule has 0 aromatic heterocycles. The molecule has 27 heavy (non-hydrogen) atoms. The van der Waals surface area contributed by atoms with Crippen LogP contribution in [0.1, 0.15) is 57.3 Å². The van der Waals surface area contributed by atoms with Crippen LogP contribution >= 0.6 is 0 Å². The van der Waals surface area contributed by atoms with Crippen LogP contribution < -0.4 is 0 Å². The quantitative estimate of drug-likeness (QED) is 0.724. The average molecular weight is 374 g/mol. The Hall–Kier alpha value is -2.74. The lowest BCUT2D eigenvalue weighted by molar-refractivity contribution is -0.137. The van der Waals surface area contributed by atoms with Gasteiger partial charge >= 0.3 is 5.97 Å². The summed E-state index contributed by atoms with van der Waals surface area (Å²) in [6.45, 7) is 3.04. The second-order valence-corrected chi connectivity index (χ2v) is 6.64. The van der Waals surface area contributed by atoms with E-state index in [2.05, 4.69) is 0 Å². The van der Waals surface area contributed by atoms with Gasteiger partial charge in [0.1, 0.15) is 0 Å². The van der Waals surface area contributed by atoms with Gasteiger partial charge in [0.2, 0.25) is 0 Å². The van der Waals surface area contributed by atoms with Crippen LogP contribution in [0.5, 0.6) is 0 Å². The third-order valence-electron chi connectivity index (χ3n) is 4.89. The number of hydrogen-bond acceptors (Lipinski definition) is 5. The summed E-state index contributed by atoms with van der Waals surface area (Å²) in [4.78, 5) is 51.2. The maximum absolute atomic E-state index is 12.7. The highest BCUT2D eigenvalue weighted by Gasteiger charge is 2.38. The number of carboxylic acids is 1. The molecule has 1 atom stereocenters. The number of amides is 3. The first-order valence-electron chi connectivity index (χ1n) is 9.05. The molecule has 1 aromatic rings. The topological polar surface area (TPSA) is 104 Å². The molecular weight excluding hydrogens is 352 g/mol. The number of aliphatic carboxylic acids is 1. The van der Waals surface area contributed by atoms with Crippen LogP contribution in [0.2, 0.25) is 0 Å². The van der Waals surface area contributed by atoms with Gasteiger partial charge in [-0.25, -0.2) is 0 Å². The number of carboxylic acid groups (broad SMARTS) is 1. The summed E-state index contributed by atoms with van der Waals surface area (Å²) in [6, 6.07) is 4.42. The Labute approximate surface area is 156 Å². The van der Waals surface area contributed by atoms with Gasteiger partial charge in [0.15, 0.2) is 0 Å². The summed E-state index contributed by atoms with van der Waals surface area (Å²) < 4.78 is 5.51. The Morgan fingerprint density at radius 3 is 2.63 bits per heavy atom. The predicted molar refractivity (Wildman–Crippen MR) is 94.6 cm³/mol. The number of carbonyl (C=O) groups is 4. The first kappa shape index (κ1) is 19.0. The van der Waals surface area contributed by atoms with Gasteiger partial charge in [0, 0.05) is 25.3 Å². The molecule has 0 saturated carbocycles. The summed E-state index contributed by atoms with van der Waals surface area (Å²) in [5, 5.41) is 8.81. The molecule has 8 heteroatoms. The van der Waals surface area contributed by atoms with E-state index in [9.17, 15) is 19.2 Å². The molecule has 1 unspecified atom stereocenters. The van der Waals surface area contributed by atoms with Crippen LogP contribution in [-0.2, 0) is 9.53 Å². The molecule has 3 rings (SSSR count). The number of fused-ring (bicyclic) bond motifs is 1. The van der Waals surface area contributed by atoms with Crippen LogP contribution in [-0.4, -0.2) is 70.9 Å². The fourth-order valence-electron chi connectivity index (χ4n) is 3.40. The lowest BCUT2D eigenvalue weighted by Gasteiger charge is -2.20. The summed E-state index contributed by atoms with van der Waals surface area (Å²) in [7, 11) is 0. The highest BCUT2D eigenvalue weighted by Crippen LogP contribution is 2.26. The lowest BCUT2D eigenvalue weighted by Crippen LogP contribution is -2.36. The summed E-state index contributed by atoms with van der Waals surface area (Å²) in [6.07, 6.45) is 1.43. The van der Waals surface area contributed by atoms with Gasteiger partial charge in [-0.05, 0) is 38.0 Å². The fourth-order valence-corrected chi connectivity index (χ4v) is 3.40. The number of hydrogen-bond donors (Lipinski definition) is 1. The van der Waals surface area contributed by atoms with Crippen molar-refractivity contribution in [2.24, 2.45) is 0 Å². The number of carbonyl (C=O) groups excluding carboxylic acids is 3. The van der Waals surface area contributed by atoms with Crippen molar-refractivity contribution >= 4 is 23.7 Å². The van der Waals surface area contributed by atoms with Gasteiger partial charge in [0.05, 0.1) is 30.2 Å². The molecule has 2 aliphatic rings. The van der Waals surface area contributed by atoms with Crippen molar-refractivity contribution in [3.63, 3.8) is 0 Å². The Balaban J connectivity index is 1.78. The van der Waals surface area contributed by atoms with Crippen LogP contribution in [0.4, 0.5) is 0 Å². The average Bonchev–Trinajstić information content (AvgIpc) is 3.25. The number of nitrogens with zero attached hydrogens (tertiary/aromatic N) is 2. The van der Waals surface area contributed by atoms with E-state index in [1.54, 1.807) is 6.92 Å². The molecule has 2 heterocycles. The highest BCUT2D eigenvalue weighted by atomic mass is 16.5. The largest absolute Gasteiger partial charge is 0.481 e. The molecule has 3 amide bonds. The Morgan fingerprint density at radius 1 is 1.26 bits per heavy atom. The minimum absolute atomic E-state index is 0.0831. The molecule has 144 valence electrons. The second kappa shape index (κ2) is 7.87. The first-order valence-corrected chi connectivity index (χ1v) is 9.05. The van der Waals surface area contributed by atoms with E-state index in [-0.39, 0.29) is 54.1 Å². The van der Waals surface area contributed by atoms with Crippen LogP contribution in [0.15, 0.2) is 18.2 Å². The van der Waals surface area contributed by atoms with E-state index in [1.165, 1.54) is 28.0 Å². The van der Waals surface area contributed by atoms with Crippen LogP contribution in [0.3, 0.4) is 0 Å². The van der Waals surface area contributed by atoms with E-state index in [1.807, 2.05) is 0 Å². The SMILES string of the molecule is CCN(CCC(=O)O)C(=O)c1ccc2c(c1)C(=O)N(CC1CCCO1)C2=O. The lowest BCUT2D eigenvalue weighted by atomic mass is 10.0. The summed E-state index contributed by atoms with van der Waals surface area (Å²) in [5.74, 6) is -2.14. The molecule has 1 fully saturated rings. The van der Waals surface area contributed by atoms with Gasteiger partial charge in [-0.1, -0.05) is 0 Å². The third-order valence-corrected chi connectivity index (χ3v) is 4.89. The smallest absolute Gasteiger partial charge is 0.305 e. The number of rotatable bonds is 7. The molecule has 0 spiro atoms. The zero-order chi connectivity index (χ0) is 19.6. The molecule has 2 aliphatic heterocycles. The molecule has 8 nitrogen and oxygen atoms in total. The van der Waals surface area contributed by atoms with E-state index < -0.39 is 11.9 Å². The van der Waals surface area contributed by atoms with Gasteiger partial charge in [0.25, 0.3) is 17.7 Å². The van der Waals surface area contributed by atoms with Gasteiger partial charge in [-0.2, -0.15) is 0 Å². The normalized spacial score (nSPS) is 18.7. The van der Waals surface area contributed by atoms with Crippen molar-refractivity contribution in [1.29, 1.82) is 0 Å². The van der Waals surface area contributed by atoms with Crippen molar-refractivity contribution < 1.29 is 29.0 Å².